The van der Waals surface area contributed by atoms with Gasteiger partial charge < -0.3 is 15.1 Å². The maximum atomic E-state index is 14.3. The lowest BCUT2D eigenvalue weighted by Crippen LogP contribution is -2.62. The van der Waals surface area contributed by atoms with Crippen molar-refractivity contribution in [3.8, 4) is 0 Å². The first-order chi connectivity index (χ1) is 18.3. The third-order valence-electron chi connectivity index (χ3n) is 8.26. The van der Waals surface area contributed by atoms with Crippen LogP contribution in [0.25, 0.3) is 0 Å². The van der Waals surface area contributed by atoms with Gasteiger partial charge in [-0.1, -0.05) is 33.1 Å². The third-order valence-corrected chi connectivity index (χ3v) is 8.26. The van der Waals surface area contributed by atoms with Crippen LogP contribution in [0.2, 0.25) is 0 Å². The monoisotopic (exact) mass is 554 g/mol. The second-order valence-electron chi connectivity index (χ2n) is 11.1. The van der Waals surface area contributed by atoms with Crippen LogP contribution in [-0.2, 0) is 15.8 Å². The summed E-state index contributed by atoms with van der Waals surface area (Å²) in [5.41, 5.74) is -3.00. The number of halogens is 4. The van der Waals surface area contributed by atoms with Crippen LogP contribution in [0.3, 0.4) is 0 Å². The Hall–Kier alpha value is -3.18. The largest absolute Gasteiger partial charge is 0.416 e. The van der Waals surface area contributed by atoms with Crippen LogP contribution in [-0.4, -0.2) is 76.2 Å². The summed E-state index contributed by atoms with van der Waals surface area (Å²) in [4.78, 5) is 57.0. The van der Waals surface area contributed by atoms with Crippen molar-refractivity contribution in [2.75, 3.05) is 20.1 Å². The second-order valence-corrected chi connectivity index (χ2v) is 11.1. The Morgan fingerprint density at radius 1 is 1.05 bits per heavy atom. The standard InChI is InChI=1S/C27H34F4N4O4/c1-16(2)21(32-22(36)19-15-17(27(29,30)31)9-10-20(19)28)23(37)34-13-11-26(12-14-34)24(38)33(3)25(39)35(26)18-7-5-4-6-8-18/h9-10,15-16,18,21H,4-8,11-14H2,1-3H3,(H,32,36)/t21-/m1/s1. The Bertz CT molecular complexity index is 1140. The fraction of sp³-hybridized carbons (Fsp3) is 0.630. The number of hydrogen-bond donors (Lipinski definition) is 1. The van der Waals surface area contributed by atoms with Crippen molar-refractivity contribution >= 4 is 23.8 Å². The number of alkyl halides is 3. The van der Waals surface area contributed by atoms with E-state index in [1.54, 1.807) is 18.7 Å². The fourth-order valence-corrected chi connectivity index (χ4v) is 6.05. The molecule has 0 unspecified atom stereocenters. The SMILES string of the molecule is CC(C)[C@@H](NC(=O)c1cc(C(F)(F)F)ccc1F)C(=O)N1CCC2(CC1)C(=O)N(C)C(=O)N2C1CCCCC1. The Labute approximate surface area is 224 Å². The van der Waals surface area contributed by atoms with E-state index in [-0.39, 0.29) is 43.9 Å². The van der Waals surface area contributed by atoms with E-state index in [1.807, 2.05) is 0 Å². The highest BCUT2D eigenvalue weighted by Crippen LogP contribution is 2.41. The first-order valence-electron chi connectivity index (χ1n) is 13.4. The molecule has 4 rings (SSSR count). The minimum Gasteiger partial charge on any atom is -0.341 e. The normalized spacial score (nSPS) is 21.2. The van der Waals surface area contributed by atoms with E-state index in [2.05, 4.69) is 5.32 Å². The Morgan fingerprint density at radius 3 is 2.23 bits per heavy atom. The second kappa shape index (κ2) is 10.8. The van der Waals surface area contributed by atoms with Crippen LogP contribution in [0.15, 0.2) is 18.2 Å². The number of urea groups is 1. The van der Waals surface area contributed by atoms with Gasteiger partial charge in [-0.25, -0.2) is 9.18 Å². The fourth-order valence-electron chi connectivity index (χ4n) is 6.05. The number of carbonyl (C=O) groups excluding carboxylic acids is 4. The minimum atomic E-state index is -4.77. The molecule has 1 aliphatic carbocycles. The number of hydrogen-bond acceptors (Lipinski definition) is 4. The predicted molar refractivity (Wildman–Crippen MR) is 133 cm³/mol. The van der Waals surface area contributed by atoms with E-state index in [4.69, 9.17) is 0 Å². The van der Waals surface area contributed by atoms with Crippen LogP contribution in [0.4, 0.5) is 22.4 Å². The van der Waals surface area contributed by atoms with Gasteiger partial charge in [0.05, 0.1) is 11.1 Å². The summed E-state index contributed by atoms with van der Waals surface area (Å²) >= 11 is 0. The number of benzene rings is 1. The Morgan fingerprint density at radius 2 is 1.67 bits per heavy atom. The van der Waals surface area contributed by atoms with E-state index >= 15 is 0 Å². The van der Waals surface area contributed by atoms with E-state index in [1.165, 1.54) is 11.9 Å². The Balaban J connectivity index is 1.49. The van der Waals surface area contributed by atoms with Crippen molar-refractivity contribution in [3.63, 3.8) is 0 Å². The molecule has 39 heavy (non-hydrogen) atoms. The first-order valence-corrected chi connectivity index (χ1v) is 13.4. The number of likely N-dealkylation sites (tertiary alicyclic amines) is 1. The van der Waals surface area contributed by atoms with Gasteiger partial charge in [0.1, 0.15) is 17.4 Å². The maximum absolute atomic E-state index is 14.3. The number of piperidine rings is 1. The molecule has 2 saturated heterocycles. The molecule has 214 valence electrons. The van der Waals surface area contributed by atoms with Gasteiger partial charge in [0.2, 0.25) is 5.91 Å². The zero-order chi connectivity index (χ0) is 28.7. The van der Waals surface area contributed by atoms with Gasteiger partial charge in [-0.3, -0.25) is 19.3 Å². The molecule has 1 N–H and O–H groups in total. The highest BCUT2D eigenvalue weighted by Gasteiger charge is 2.59. The summed E-state index contributed by atoms with van der Waals surface area (Å²) in [5.74, 6) is -3.47. The zero-order valence-corrected chi connectivity index (χ0v) is 22.3. The molecule has 2 aliphatic heterocycles. The highest BCUT2D eigenvalue weighted by molar-refractivity contribution is 6.07. The maximum Gasteiger partial charge on any atom is 0.416 e. The first kappa shape index (κ1) is 28.8. The van der Waals surface area contributed by atoms with E-state index in [0.717, 1.165) is 37.0 Å². The molecular weight excluding hydrogens is 520 g/mol. The molecule has 1 aromatic rings. The molecule has 12 heteroatoms. The number of imide groups is 1. The number of likely N-dealkylation sites (N-methyl/N-ethyl adjacent to an activating group) is 1. The summed E-state index contributed by atoms with van der Waals surface area (Å²) in [7, 11) is 1.48. The summed E-state index contributed by atoms with van der Waals surface area (Å²) in [6.45, 7) is 3.64. The summed E-state index contributed by atoms with van der Waals surface area (Å²) in [6.07, 6.45) is 0.416. The smallest absolute Gasteiger partial charge is 0.341 e. The quantitative estimate of drug-likeness (QED) is 0.437. The Kier molecular flexibility index (Phi) is 7.96. The lowest BCUT2D eigenvalue weighted by atomic mass is 9.82. The molecule has 0 radical (unpaired) electrons. The molecule has 1 atom stereocenters. The van der Waals surface area contributed by atoms with E-state index in [0.29, 0.717) is 18.2 Å². The average molecular weight is 555 g/mol. The molecule has 1 aromatic carbocycles. The van der Waals surface area contributed by atoms with Crippen molar-refractivity contribution in [2.24, 2.45) is 5.92 Å². The van der Waals surface area contributed by atoms with Gasteiger partial charge in [0.15, 0.2) is 0 Å². The minimum absolute atomic E-state index is 0.0348. The van der Waals surface area contributed by atoms with E-state index in [9.17, 15) is 36.7 Å². The van der Waals surface area contributed by atoms with Crippen LogP contribution in [0.5, 0.6) is 0 Å². The lowest BCUT2D eigenvalue weighted by molar-refractivity contribution is -0.143. The van der Waals surface area contributed by atoms with E-state index < -0.39 is 52.4 Å². The molecule has 2 heterocycles. The zero-order valence-electron chi connectivity index (χ0n) is 22.3. The molecular formula is C27H34F4N4O4. The summed E-state index contributed by atoms with van der Waals surface area (Å²) < 4.78 is 53.6. The topological polar surface area (TPSA) is 90.0 Å². The van der Waals surface area contributed by atoms with Gasteiger partial charge in [0, 0.05) is 26.2 Å². The molecule has 0 aromatic heterocycles. The number of carbonyl (C=O) groups is 4. The molecule has 0 bridgehead atoms. The molecule has 1 saturated carbocycles. The summed E-state index contributed by atoms with van der Waals surface area (Å²) in [5, 5.41) is 2.42. The number of amides is 5. The van der Waals surface area contributed by atoms with Crippen LogP contribution in [0, 0.1) is 11.7 Å². The molecule has 5 amide bonds. The molecule has 8 nitrogen and oxygen atoms in total. The van der Waals surface area contributed by atoms with Crippen molar-refractivity contribution in [1.82, 2.24) is 20.0 Å². The van der Waals surface area contributed by atoms with Crippen LogP contribution in [0.1, 0.15) is 74.7 Å². The highest BCUT2D eigenvalue weighted by atomic mass is 19.4. The number of nitrogens with zero attached hydrogens (tertiary/aromatic N) is 3. The van der Waals surface area contributed by atoms with Crippen molar-refractivity contribution in [3.05, 3.63) is 35.1 Å². The average Bonchev–Trinajstić information content (AvgIpc) is 3.07. The van der Waals surface area contributed by atoms with Gasteiger partial charge >= 0.3 is 12.2 Å². The lowest BCUT2D eigenvalue weighted by Gasteiger charge is -2.46. The number of rotatable bonds is 5. The molecule has 1 spiro atoms. The van der Waals surface area contributed by atoms with Crippen molar-refractivity contribution < 1.29 is 36.7 Å². The van der Waals surface area contributed by atoms with Gasteiger partial charge in [-0.15, -0.1) is 0 Å². The molecule has 3 aliphatic rings. The van der Waals surface area contributed by atoms with Crippen molar-refractivity contribution in [2.45, 2.75) is 82.6 Å². The van der Waals surface area contributed by atoms with Crippen LogP contribution >= 0.6 is 0 Å². The van der Waals surface area contributed by atoms with Crippen LogP contribution < -0.4 is 5.32 Å². The summed E-state index contributed by atoms with van der Waals surface area (Å²) in [6, 6.07) is 0.0661. The van der Waals surface area contributed by atoms with Gasteiger partial charge in [0.25, 0.3) is 11.8 Å². The predicted octanol–water partition coefficient (Wildman–Crippen LogP) is 4.19. The molecule has 3 fully saturated rings. The van der Waals surface area contributed by atoms with Gasteiger partial charge in [-0.05, 0) is 49.8 Å². The third kappa shape index (κ3) is 5.34. The number of nitrogens with one attached hydrogen (secondary N) is 1. The van der Waals surface area contributed by atoms with Gasteiger partial charge in [-0.2, -0.15) is 13.2 Å². The van der Waals surface area contributed by atoms with Crippen molar-refractivity contribution in [1.29, 1.82) is 0 Å².